The Morgan fingerprint density at radius 1 is 1.17 bits per heavy atom. The van der Waals surface area contributed by atoms with E-state index < -0.39 is 0 Å². The normalized spacial score (nSPS) is 14.3. The van der Waals surface area contributed by atoms with Crippen molar-refractivity contribution >= 4 is 40.0 Å². The predicted octanol–water partition coefficient (Wildman–Crippen LogP) is 3.89. The molecule has 0 amide bonds. The summed E-state index contributed by atoms with van der Waals surface area (Å²) >= 11 is 5.66. The molecule has 2 aromatic heterocycles. The molecule has 35 heavy (non-hydrogen) atoms. The Kier molecular flexibility index (Phi) is 6.71. The van der Waals surface area contributed by atoms with Crippen molar-refractivity contribution in [3.63, 3.8) is 0 Å². The zero-order valence-corrected chi connectivity index (χ0v) is 20.3. The van der Waals surface area contributed by atoms with Crippen LogP contribution in [0, 0.1) is 0 Å². The smallest absolute Gasteiger partial charge is 0.338 e. The van der Waals surface area contributed by atoms with Gasteiger partial charge in [-0.25, -0.2) is 14.5 Å². The largest absolute Gasteiger partial charge is 0.462 e. The zero-order chi connectivity index (χ0) is 24.2. The standard InChI is InChI=1S/C25H27N7O2S/c1-2-34-24(33)19-6-5-7-20(16-19)27-25(35)30-13-10-18(11-14-30)23-26-12-15-31(23)17-32-22-9-4-3-8-21(22)28-29-32/h3-9,12,15-16,18H,2,10-11,13-14,17H2,1H3,(H,27,35). The first kappa shape index (κ1) is 23.0. The second kappa shape index (κ2) is 10.2. The summed E-state index contributed by atoms with van der Waals surface area (Å²) in [7, 11) is 0. The van der Waals surface area contributed by atoms with E-state index in [0.29, 0.717) is 29.9 Å². The molecule has 4 aromatic rings. The van der Waals surface area contributed by atoms with Crippen molar-refractivity contribution in [1.29, 1.82) is 0 Å². The highest BCUT2D eigenvalue weighted by Crippen LogP contribution is 2.28. The first-order valence-electron chi connectivity index (χ1n) is 11.7. The van der Waals surface area contributed by atoms with Gasteiger partial charge in [-0.05, 0) is 62.3 Å². The number of hydrogen-bond acceptors (Lipinski definition) is 6. The van der Waals surface area contributed by atoms with Crippen LogP contribution in [-0.4, -0.2) is 60.2 Å². The number of hydrogen-bond donors (Lipinski definition) is 1. The molecule has 5 rings (SSSR count). The maximum atomic E-state index is 12.0. The molecule has 1 fully saturated rings. The molecule has 2 aromatic carbocycles. The summed E-state index contributed by atoms with van der Waals surface area (Å²) in [5, 5.41) is 12.5. The molecule has 3 heterocycles. The topological polar surface area (TPSA) is 90.1 Å². The molecule has 1 aliphatic rings. The van der Waals surface area contributed by atoms with Crippen LogP contribution in [0.4, 0.5) is 5.69 Å². The Labute approximate surface area is 208 Å². The van der Waals surface area contributed by atoms with Crippen LogP contribution in [-0.2, 0) is 11.4 Å². The Morgan fingerprint density at radius 2 is 2.00 bits per heavy atom. The average Bonchev–Trinajstić information content (AvgIpc) is 3.52. The zero-order valence-electron chi connectivity index (χ0n) is 19.5. The van der Waals surface area contributed by atoms with E-state index in [0.717, 1.165) is 48.5 Å². The number of piperidine rings is 1. The number of nitrogens with zero attached hydrogens (tertiary/aromatic N) is 6. The van der Waals surface area contributed by atoms with Crippen LogP contribution < -0.4 is 5.32 Å². The van der Waals surface area contributed by atoms with E-state index in [9.17, 15) is 4.79 Å². The second-order valence-electron chi connectivity index (χ2n) is 8.47. The fourth-order valence-corrected chi connectivity index (χ4v) is 4.75. The van der Waals surface area contributed by atoms with Gasteiger partial charge in [-0.1, -0.05) is 23.4 Å². The summed E-state index contributed by atoms with van der Waals surface area (Å²) in [6.07, 6.45) is 5.74. The van der Waals surface area contributed by atoms with E-state index in [1.54, 1.807) is 19.1 Å². The van der Waals surface area contributed by atoms with E-state index in [4.69, 9.17) is 17.0 Å². The molecule has 0 atom stereocenters. The van der Waals surface area contributed by atoms with Crippen molar-refractivity contribution in [3.05, 3.63) is 72.3 Å². The van der Waals surface area contributed by atoms with Crippen molar-refractivity contribution in [2.24, 2.45) is 0 Å². The van der Waals surface area contributed by atoms with Gasteiger partial charge < -0.3 is 19.5 Å². The highest BCUT2D eigenvalue weighted by molar-refractivity contribution is 7.80. The maximum Gasteiger partial charge on any atom is 0.338 e. The lowest BCUT2D eigenvalue weighted by Crippen LogP contribution is -2.40. The van der Waals surface area contributed by atoms with Crippen LogP contribution in [0.1, 0.15) is 41.9 Å². The number of anilines is 1. The van der Waals surface area contributed by atoms with Gasteiger partial charge in [-0.2, -0.15) is 0 Å². The number of carbonyl (C=O) groups excluding carboxylic acids is 1. The summed E-state index contributed by atoms with van der Waals surface area (Å²) in [5.41, 5.74) is 3.17. The van der Waals surface area contributed by atoms with Crippen molar-refractivity contribution in [3.8, 4) is 0 Å². The Balaban J connectivity index is 1.20. The number of aromatic nitrogens is 5. The summed E-state index contributed by atoms with van der Waals surface area (Å²) < 4.78 is 9.14. The van der Waals surface area contributed by atoms with Gasteiger partial charge in [0.05, 0.1) is 17.7 Å². The van der Waals surface area contributed by atoms with Gasteiger partial charge in [0, 0.05) is 37.1 Å². The third-order valence-electron chi connectivity index (χ3n) is 6.23. The predicted molar refractivity (Wildman–Crippen MR) is 137 cm³/mol. The average molecular weight is 490 g/mol. The number of ether oxygens (including phenoxy) is 1. The van der Waals surface area contributed by atoms with Crippen LogP contribution in [0.5, 0.6) is 0 Å². The molecule has 1 saturated heterocycles. The van der Waals surface area contributed by atoms with Crippen LogP contribution in [0.2, 0.25) is 0 Å². The maximum absolute atomic E-state index is 12.0. The number of thiocarbonyl (C=S) groups is 1. The van der Waals surface area contributed by atoms with Gasteiger partial charge in [0.15, 0.2) is 5.11 Å². The van der Waals surface area contributed by atoms with Gasteiger partial charge in [0.1, 0.15) is 18.0 Å². The number of imidazole rings is 1. The van der Waals surface area contributed by atoms with Crippen molar-refractivity contribution in [2.75, 3.05) is 25.0 Å². The monoisotopic (exact) mass is 489 g/mol. The van der Waals surface area contributed by atoms with Gasteiger partial charge in [0.2, 0.25) is 0 Å². The van der Waals surface area contributed by atoms with Crippen LogP contribution in [0.15, 0.2) is 60.9 Å². The Bertz CT molecular complexity index is 1340. The highest BCUT2D eigenvalue weighted by atomic mass is 32.1. The molecule has 0 saturated carbocycles. The Morgan fingerprint density at radius 3 is 2.83 bits per heavy atom. The lowest BCUT2D eigenvalue weighted by atomic mass is 9.96. The van der Waals surface area contributed by atoms with Crippen LogP contribution >= 0.6 is 12.2 Å². The number of nitrogens with one attached hydrogen (secondary N) is 1. The van der Waals surface area contributed by atoms with Crippen LogP contribution in [0.25, 0.3) is 11.0 Å². The van der Waals surface area contributed by atoms with E-state index in [2.05, 4.69) is 30.1 Å². The number of carbonyl (C=O) groups is 1. The van der Waals surface area contributed by atoms with Gasteiger partial charge >= 0.3 is 5.97 Å². The second-order valence-corrected chi connectivity index (χ2v) is 8.85. The Hall–Kier alpha value is -3.79. The third kappa shape index (κ3) is 5.02. The minimum atomic E-state index is -0.336. The number of esters is 1. The van der Waals surface area contributed by atoms with Crippen molar-refractivity contribution in [2.45, 2.75) is 32.4 Å². The molecule has 0 radical (unpaired) electrons. The summed E-state index contributed by atoms with van der Waals surface area (Å²) in [6.45, 7) is 4.37. The molecule has 1 N–H and O–H groups in total. The van der Waals surface area contributed by atoms with Crippen molar-refractivity contribution in [1.82, 2.24) is 29.4 Å². The molecular formula is C25H27N7O2S. The molecule has 9 nitrogen and oxygen atoms in total. The molecule has 0 spiro atoms. The van der Waals surface area contributed by atoms with Crippen LogP contribution in [0.3, 0.4) is 0 Å². The number of fused-ring (bicyclic) bond motifs is 1. The van der Waals surface area contributed by atoms with E-state index in [-0.39, 0.29) is 5.97 Å². The molecule has 0 aliphatic carbocycles. The van der Waals surface area contributed by atoms with Crippen molar-refractivity contribution < 1.29 is 9.53 Å². The first-order valence-corrected chi connectivity index (χ1v) is 12.2. The lowest BCUT2D eigenvalue weighted by Gasteiger charge is -2.33. The number of benzene rings is 2. The number of likely N-dealkylation sites (tertiary alicyclic amines) is 1. The van der Waals surface area contributed by atoms with E-state index in [1.807, 2.05) is 53.5 Å². The van der Waals surface area contributed by atoms with Gasteiger partial charge in [-0.15, -0.1) is 5.10 Å². The minimum Gasteiger partial charge on any atom is -0.462 e. The SMILES string of the molecule is CCOC(=O)c1cccc(NC(=S)N2CCC(c3nccn3Cn3nnc4ccccc43)CC2)c1. The molecule has 0 unspecified atom stereocenters. The number of para-hydroxylation sites is 1. The molecular weight excluding hydrogens is 462 g/mol. The number of rotatable bonds is 6. The fraction of sp³-hybridized carbons (Fsp3) is 0.320. The molecule has 1 aliphatic heterocycles. The fourth-order valence-electron chi connectivity index (χ4n) is 4.45. The molecule has 10 heteroatoms. The van der Waals surface area contributed by atoms with E-state index in [1.165, 1.54) is 0 Å². The summed E-state index contributed by atoms with van der Waals surface area (Å²) in [6, 6.07) is 15.2. The third-order valence-corrected chi connectivity index (χ3v) is 6.59. The molecule has 0 bridgehead atoms. The molecule has 180 valence electrons. The van der Waals surface area contributed by atoms with Gasteiger partial charge in [0.25, 0.3) is 0 Å². The van der Waals surface area contributed by atoms with Gasteiger partial charge in [-0.3, -0.25) is 0 Å². The first-order chi connectivity index (χ1) is 17.1. The summed E-state index contributed by atoms with van der Waals surface area (Å²) in [4.78, 5) is 18.9. The lowest BCUT2D eigenvalue weighted by molar-refractivity contribution is 0.0526. The quantitative estimate of drug-likeness (QED) is 0.322. The highest BCUT2D eigenvalue weighted by Gasteiger charge is 2.25. The van der Waals surface area contributed by atoms with E-state index >= 15 is 0 Å². The summed E-state index contributed by atoms with van der Waals surface area (Å²) in [5.74, 6) is 1.06. The minimum absolute atomic E-state index is 0.336.